The van der Waals surface area contributed by atoms with E-state index in [0.717, 1.165) is 48.4 Å². The second-order valence-corrected chi connectivity index (χ2v) is 10.1. The molecule has 2 aliphatic heterocycles. The minimum absolute atomic E-state index is 0.0652. The van der Waals surface area contributed by atoms with E-state index in [9.17, 15) is 9.59 Å². The summed E-state index contributed by atoms with van der Waals surface area (Å²) in [6, 6.07) is 9.01. The number of pyridine rings is 2. The van der Waals surface area contributed by atoms with Crippen molar-refractivity contribution in [3.05, 3.63) is 47.1 Å². The number of halogens is 1. The summed E-state index contributed by atoms with van der Waals surface area (Å²) in [5.74, 6) is 1.26. The summed E-state index contributed by atoms with van der Waals surface area (Å²) in [5.41, 5.74) is 2.53. The maximum atomic E-state index is 12.9. The topological polar surface area (TPSA) is 106 Å². The highest BCUT2D eigenvalue weighted by molar-refractivity contribution is 8.00. The summed E-state index contributed by atoms with van der Waals surface area (Å²) >= 11 is 7.78. The normalized spacial score (nSPS) is 16.3. The van der Waals surface area contributed by atoms with E-state index in [2.05, 4.69) is 25.5 Å². The molecule has 2 aliphatic rings. The number of carbonyl (C=O) groups is 2. The van der Waals surface area contributed by atoms with Gasteiger partial charge in [0, 0.05) is 42.7 Å². The number of methoxy groups -OCH3 is 1. The third kappa shape index (κ3) is 5.66. The van der Waals surface area contributed by atoms with E-state index >= 15 is 0 Å². The maximum absolute atomic E-state index is 12.9. The fourth-order valence-corrected chi connectivity index (χ4v) is 5.42. The minimum Gasteiger partial charge on any atom is -0.495 e. The Morgan fingerprint density at radius 2 is 2.08 bits per heavy atom. The van der Waals surface area contributed by atoms with Gasteiger partial charge in [0.2, 0.25) is 11.8 Å². The first-order chi connectivity index (χ1) is 17.5. The Bertz CT molecular complexity index is 1300. The Morgan fingerprint density at radius 1 is 1.25 bits per heavy atom. The van der Waals surface area contributed by atoms with Crippen LogP contribution < -0.4 is 20.1 Å². The number of likely N-dealkylation sites (tertiary alicyclic amines) is 1. The first kappa shape index (κ1) is 24.6. The molecular formula is C25H26ClN5O4S. The molecular weight excluding hydrogens is 502 g/mol. The first-order valence-corrected chi connectivity index (χ1v) is 13.1. The largest absolute Gasteiger partial charge is 0.495 e. The number of piperidine rings is 1. The van der Waals surface area contributed by atoms with Crippen LogP contribution in [-0.2, 0) is 4.79 Å². The maximum Gasteiger partial charge on any atom is 0.253 e. The Labute approximate surface area is 217 Å². The number of amides is 2. The van der Waals surface area contributed by atoms with Crippen molar-refractivity contribution in [3.63, 3.8) is 0 Å². The lowest BCUT2D eigenvalue weighted by Crippen LogP contribution is -2.45. The van der Waals surface area contributed by atoms with Gasteiger partial charge < -0.3 is 20.1 Å². The van der Waals surface area contributed by atoms with E-state index < -0.39 is 0 Å². The van der Waals surface area contributed by atoms with E-state index in [1.54, 1.807) is 25.4 Å². The fourth-order valence-electron chi connectivity index (χ4n) is 4.28. The zero-order chi connectivity index (χ0) is 25.1. The summed E-state index contributed by atoms with van der Waals surface area (Å²) in [5, 5.41) is 6.29. The van der Waals surface area contributed by atoms with Crippen LogP contribution in [0.5, 0.6) is 11.6 Å². The van der Waals surface area contributed by atoms with Crippen molar-refractivity contribution in [3.8, 4) is 11.6 Å². The molecule has 0 spiro atoms. The molecule has 1 fully saturated rings. The van der Waals surface area contributed by atoms with Gasteiger partial charge in [0.05, 0.1) is 46.4 Å². The molecule has 0 saturated carbocycles. The summed E-state index contributed by atoms with van der Waals surface area (Å²) in [7, 11) is 1.60. The molecule has 9 nitrogen and oxygen atoms in total. The van der Waals surface area contributed by atoms with Crippen molar-refractivity contribution in [2.45, 2.75) is 23.8 Å². The summed E-state index contributed by atoms with van der Waals surface area (Å²) < 4.78 is 11.1. The molecule has 3 aromatic rings. The molecule has 11 heteroatoms. The number of rotatable bonds is 7. The molecule has 2 amide bonds. The monoisotopic (exact) mass is 527 g/mol. The molecule has 1 aromatic carbocycles. The first-order valence-electron chi connectivity index (χ1n) is 11.7. The molecule has 2 aromatic heterocycles. The van der Waals surface area contributed by atoms with Gasteiger partial charge in [-0.1, -0.05) is 11.6 Å². The van der Waals surface area contributed by atoms with E-state index in [-0.39, 0.29) is 17.9 Å². The average molecular weight is 528 g/mol. The predicted octanol–water partition coefficient (Wildman–Crippen LogP) is 3.61. The van der Waals surface area contributed by atoms with Gasteiger partial charge in [0.25, 0.3) is 5.91 Å². The number of carbonyl (C=O) groups excluding carboxylic acids is 2. The fraction of sp³-hybridized carbons (Fsp3) is 0.360. The molecule has 0 atom stereocenters. The third-order valence-corrected chi connectivity index (χ3v) is 7.62. The standard InChI is InChI=1S/C25H26ClN5O4S/c1-34-16-10-20-19(27-13-16)2-3-24(30-20)35-9-8-31-6-4-15(5-7-31)28-25(33)17-11-21-22(12-18(17)26)36-14-23(32)29-21/h2-3,10-13,15H,4-9,14H2,1H3,(H,28,33)(H,29,32). The van der Waals surface area contributed by atoms with E-state index in [4.69, 9.17) is 21.1 Å². The van der Waals surface area contributed by atoms with Crippen LogP contribution in [0.1, 0.15) is 23.2 Å². The van der Waals surface area contributed by atoms with Gasteiger partial charge >= 0.3 is 0 Å². The van der Waals surface area contributed by atoms with Crippen LogP contribution in [0, 0.1) is 0 Å². The van der Waals surface area contributed by atoms with Crippen molar-refractivity contribution < 1.29 is 19.1 Å². The predicted molar refractivity (Wildman–Crippen MR) is 139 cm³/mol. The van der Waals surface area contributed by atoms with Crippen molar-refractivity contribution in [2.24, 2.45) is 0 Å². The lowest BCUT2D eigenvalue weighted by Gasteiger charge is -2.32. The van der Waals surface area contributed by atoms with E-state index in [1.165, 1.54) is 11.8 Å². The zero-order valence-corrected chi connectivity index (χ0v) is 21.3. The number of thioether (sulfide) groups is 1. The molecule has 0 aliphatic carbocycles. The second kappa shape index (κ2) is 10.9. The van der Waals surface area contributed by atoms with Crippen LogP contribution in [0.2, 0.25) is 5.02 Å². The number of nitrogens with zero attached hydrogens (tertiary/aromatic N) is 3. The van der Waals surface area contributed by atoms with E-state index in [1.807, 2.05) is 18.2 Å². The van der Waals surface area contributed by atoms with Gasteiger partial charge in [0.1, 0.15) is 12.4 Å². The quantitative estimate of drug-likeness (QED) is 0.480. The summed E-state index contributed by atoms with van der Waals surface area (Å²) in [6.45, 7) is 2.99. The molecule has 4 heterocycles. The summed E-state index contributed by atoms with van der Waals surface area (Å²) in [6.07, 6.45) is 3.33. The third-order valence-electron chi connectivity index (χ3n) is 6.25. The number of anilines is 1. The van der Waals surface area contributed by atoms with Crippen LogP contribution >= 0.6 is 23.4 Å². The van der Waals surface area contributed by atoms with Crippen LogP contribution in [0.4, 0.5) is 5.69 Å². The number of benzene rings is 1. The Morgan fingerprint density at radius 3 is 2.89 bits per heavy atom. The summed E-state index contributed by atoms with van der Waals surface area (Å²) in [4.78, 5) is 36.6. The lowest BCUT2D eigenvalue weighted by molar-refractivity contribution is -0.113. The van der Waals surface area contributed by atoms with Gasteiger partial charge in [-0.15, -0.1) is 11.8 Å². The molecule has 2 N–H and O–H groups in total. The molecule has 0 bridgehead atoms. The smallest absolute Gasteiger partial charge is 0.253 e. The molecule has 0 radical (unpaired) electrons. The molecule has 188 valence electrons. The average Bonchev–Trinajstić information content (AvgIpc) is 2.89. The zero-order valence-electron chi connectivity index (χ0n) is 19.8. The number of nitrogens with one attached hydrogen (secondary N) is 2. The second-order valence-electron chi connectivity index (χ2n) is 8.67. The van der Waals surface area contributed by atoms with Crippen LogP contribution in [0.3, 0.4) is 0 Å². The highest BCUT2D eigenvalue weighted by Gasteiger charge is 2.24. The Kier molecular flexibility index (Phi) is 7.45. The van der Waals surface area contributed by atoms with Crippen molar-refractivity contribution >= 4 is 51.9 Å². The molecule has 1 saturated heterocycles. The van der Waals surface area contributed by atoms with Crippen molar-refractivity contribution in [2.75, 3.05) is 44.4 Å². The number of hydrogen-bond donors (Lipinski definition) is 2. The highest BCUT2D eigenvalue weighted by atomic mass is 35.5. The van der Waals surface area contributed by atoms with Crippen molar-refractivity contribution in [1.82, 2.24) is 20.2 Å². The molecule has 0 unspecified atom stereocenters. The van der Waals surface area contributed by atoms with Gasteiger partial charge in [-0.25, -0.2) is 4.98 Å². The SMILES string of the molecule is COc1cnc2ccc(OCCN3CCC(NC(=O)c4cc5c(cc4Cl)SCC(=O)N5)CC3)nc2c1. The van der Waals surface area contributed by atoms with Gasteiger partial charge in [0.15, 0.2) is 0 Å². The van der Waals surface area contributed by atoms with Gasteiger partial charge in [-0.3, -0.25) is 19.5 Å². The number of aromatic nitrogens is 2. The van der Waals surface area contributed by atoms with Crippen LogP contribution in [0.25, 0.3) is 11.0 Å². The molecule has 5 rings (SSSR count). The Balaban J connectivity index is 1.09. The lowest BCUT2D eigenvalue weighted by atomic mass is 10.0. The van der Waals surface area contributed by atoms with Crippen LogP contribution in [-0.4, -0.2) is 71.8 Å². The number of hydrogen-bond acceptors (Lipinski definition) is 8. The molecule has 36 heavy (non-hydrogen) atoms. The van der Waals surface area contributed by atoms with E-state index in [0.29, 0.717) is 40.3 Å². The van der Waals surface area contributed by atoms with Crippen LogP contribution in [0.15, 0.2) is 41.4 Å². The highest BCUT2D eigenvalue weighted by Crippen LogP contribution is 2.35. The number of fused-ring (bicyclic) bond motifs is 2. The van der Waals surface area contributed by atoms with Gasteiger partial charge in [-0.05, 0) is 31.0 Å². The van der Waals surface area contributed by atoms with Crippen molar-refractivity contribution in [1.29, 1.82) is 0 Å². The Hall–Kier alpha value is -3.08. The van der Waals surface area contributed by atoms with Gasteiger partial charge in [-0.2, -0.15) is 0 Å². The number of ether oxygens (including phenoxy) is 2. The minimum atomic E-state index is -0.220.